The number of H-pyrrole nitrogens is 1. The Hall–Kier alpha value is -3.93. The van der Waals surface area contributed by atoms with Gasteiger partial charge in [-0.2, -0.15) is 0 Å². The number of aromatic nitrogens is 1. The molecule has 0 bridgehead atoms. The van der Waals surface area contributed by atoms with Gasteiger partial charge < -0.3 is 37.5 Å². The minimum Gasteiger partial charge on any atom is -0.480 e. The van der Waals surface area contributed by atoms with E-state index in [-0.39, 0.29) is 6.42 Å². The number of rotatable bonds is 11. The SMILES string of the molecule is CC(N)C(=O)NC(CC(N)=O)C(=O)NC(Cc1c[nH]c2ccccc12)C(=O)NC(C)C(=O)O. The molecule has 12 nitrogen and oxygen atoms in total. The van der Waals surface area contributed by atoms with Crippen molar-refractivity contribution < 1.29 is 29.1 Å². The Morgan fingerprint density at radius 3 is 2.18 bits per heavy atom. The van der Waals surface area contributed by atoms with Crippen molar-refractivity contribution in [2.45, 2.75) is 50.9 Å². The van der Waals surface area contributed by atoms with E-state index in [1.54, 1.807) is 6.20 Å². The second-order valence-electron chi connectivity index (χ2n) is 7.71. The lowest BCUT2D eigenvalue weighted by Gasteiger charge is -2.24. The molecule has 12 heteroatoms. The van der Waals surface area contributed by atoms with Crippen molar-refractivity contribution in [3.8, 4) is 0 Å². The Morgan fingerprint density at radius 2 is 1.58 bits per heavy atom. The molecule has 0 aliphatic heterocycles. The Kier molecular flexibility index (Phi) is 8.51. The van der Waals surface area contributed by atoms with E-state index >= 15 is 0 Å². The maximum atomic E-state index is 12.9. The molecule has 4 unspecified atom stereocenters. The molecule has 2 aromatic rings. The normalized spacial score (nSPS) is 14.5. The van der Waals surface area contributed by atoms with E-state index in [0.29, 0.717) is 5.56 Å². The molecule has 9 N–H and O–H groups in total. The van der Waals surface area contributed by atoms with Crippen LogP contribution in [0.5, 0.6) is 0 Å². The van der Waals surface area contributed by atoms with E-state index in [1.807, 2.05) is 24.3 Å². The van der Waals surface area contributed by atoms with Crippen LogP contribution >= 0.6 is 0 Å². The van der Waals surface area contributed by atoms with Crippen LogP contribution in [0.1, 0.15) is 25.8 Å². The topological polar surface area (TPSA) is 209 Å². The van der Waals surface area contributed by atoms with Crippen molar-refractivity contribution in [3.05, 3.63) is 36.0 Å². The summed E-state index contributed by atoms with van der Waals surface area (Å²) in [6, 6.07) is 2.58. The fourth-order valence-electron chi connectivity index (χ4n) is 3.09. The summed E-state index contributed by atoms with van der Waals surface area (Å²) in [5.74, 6) is -4.38. The number of primary amides is 1. The maximum Gasteiger partial charge on any atom is 0.325 e. The number of benzene rings is 1. The summed E-state index contributed by atoms with van der Waals surface area (Å²) in [6.07, 6.45) is 1.17. The van der Waals surface area contributed by atoms with E-state index < -0.39 is 60.2 Å². The Bertz CT molecular complexity index is 1050. The number of nitrogens with two attached hydrogens (primary N) is 2. The first-order valence-electron chi connectivity index (χ1n) is 10.2. The number of carbonyl (C=O) groups is 5. The number of carbonyl (C=O) groups excluding carboxylic acids is 4. The van der Waals surface area contributed by atoms with E-state index in [2.05, 4.69) is 20.9 Å². The van der Waals surface area contributed by atoms with E-state index in [4.69, 9.17) is 16.6 Å². The molecule has 4 amide bonds. The molecule has 0 saturated carbocycles. The van der Waals surface area contributed by atoms with Crippen molar-refractivity contribution >= 4 is 40.5 Å². The summed E-state index contributed by atoms with van der Waals surface area (Å²) in [5, 5.41) is 17.1. The van der Waals surface area contributed by atoms with Crippen LogP contribution in [0, 0.1) is 0 Å². The third-order valence-electron chi connectivity index (χ3n) is 4.91. The first-order valence-corrected chi connectivity index (χ1v) is 10.2. The molecule has 1 aromatic heterocycles. The van der Waals surface area contributed by atoms with Gasteiger partial charge in [0.15, 0.2) is 0 Å². The number of carboxylic acids is 1. The van der Waals surface area contributed by atoms with Crippen LogP contribution in [0.2, 0.25) is 0 Å². The largest absolute Gasteiger partial charge is 0.480 e. The van der Waals surface area contributed by atoms with Crippen LogP contribution in [0.15, 0.2) is 30.5 Å². The lowest BCUT2D eigenvalue weighted by molar-refractivity contribution is -0.142. The van der Waals surface area contributed by atoms with Crippen LogP contribution in [0.3, 0.4) is 0 Å². The van der Waals surface area contributed by atoms with Crippen LogP contribution < -0.4 is 27.4 Å². The Balaban J connectivity index is 2.29. The summed E-state index contributed by atoms with van der Waals surface area (Å²) in [6.45, 7) is 2.68. The van der Waals surface area contributed by atoms with E-state index in [1.165, 1.54) is 13.8 Å². The fourth-order valence-corrected chi connectivity index (χ4v) is 3.09. The maximum absolute atomic E-state index is 12.9. The second-order valence-corrected chi connectivity index (χ2v) is 7.71. The average molecular weight is 460 g/mol. The van der Waals surface area contributed by atoms with Gasteiger partial charge in [-0.1, -0.05) is 18.2 Å². The summed E-state index contributed by atoms with van der Waals surface area (Å²) < 4.78 is 0. The Labute approximate surface area is 189 Å². The van der Waals surface area contributed by atoms with E-state index in [9.17, 15) is 24.0 Å². The third-order valence-corrected chi connectivity index (χ3v) is 4.91. The highest BCUT2D eigenvalue weighted by atomic mass is 16.4. The number of aromatic amines is 1. The minimum absolute atomic E-state index is 0.0124. The molecule has 0 aliphatic rings. The predicted octanol–water partition coefficient (Wildman–Crippen LogP) is -1.51. The van der Waals surface area contributed by atoms with Crippen molar-refractivity contribution in [2.24, 2.45) is 11.5 Å². The summed E-state index contributed by atoms with van der Waals surface area (Å²) in [7, 11) is 0. The zero-order valence-electron chi connectivity index (χ0n) is 18.3. The van der Waals surface area contributed by atoms with Gasteiger partial charge >= 0.3 is 5.97 Å². The highest BCUT2D eigenvalue weighted by Gasteiger charge is 2.30. The molecular weight excluding hydrogens is 432 g/mol. The van der Waals surface area contributed by atoms with Crippen LogP contribution in [-0.2, 0) is 30.4 Å². The highest BCUT2D eigenvalue weighted by Crippen LogP contribution is 2.19. The summed E-state index contributed by atoms with van der Waals surface area (Å²) in [5.41, 5.74) is 12.2. The number of aliphatic carboxylic acids is 1. The van der Waals surface area contributed by atoms with Gasteiger partial charge in [0, 0.05) is 23.5 Å². The molecule has 1 aromatic carbocycles. The zero-order chi connectivity index (χ0) is 24.7. The average Bonchev–Trinajstić information content (AvgIpc) is 3.14. The van der Waals surface area contributed by atoms with Gasteiger partial charge in [-0.25, -0.2) is 0 Å². The molecule has 0 fully saturated rings. The summed E-state index contributed by atoms with van der Waals surface area (Å²) >= 11 is 0. The van der Waals surface area contributed by atoms with E-state index in [0.717, 1.165) is 10.9 Å². The minimum atomic E-state index is -1.36. The van der Waals surface area contributed by atoms with Crippen molar-refractivity contribution in [2.75, 3.05) is 0 Å². The predicted molar refractivity (Wildman–Crippen MR) is 119 cm³/mol. The van der Waals surface area contributed by atoms with Gasteiger partial charge in [0.25, 0.3) is 0 Å². The van der Waals surface area contributed by atoms with Gasteiger partial charge in [0.05, 0.1) is 12.5 Å². The number of para-hydroxylation sites is 1. The van der Waals surface area contributed by atoms with Crippen molar-refractivity contribution in [1.82, 2.24) is 20.9 Å². The standard InChI is InChI=1S/C21H28N6O6/c1-10(22)18(29)26-16(8-17(23)28)20(31)27-15(19(30)25-11(2)21(32)33)7-12-9-24-14-6-4-3-5-13(12)14/h3-6,9-11,15-16,24H,7-8,22H2,1-2H3,(H2,23,28)(H,25,30)(H,26,29)(H,27,31)(H,32,33). The number of fused-ring (bicyclic) bond motifs is 1. The number of carboxylic acid groups (broad SMARTS) is 1. The highest BCUT2D eigenvalue weighted by molar-refractivity contribution is 5.96. The molecule has 0 aliphatic carbocycles. The number of hydrogen-bond donors (Lipinski definition) is 7. The van der Waals surface area contributed by atoms with Crippen LogP contribution in [0.25, 0.3) is 10.9 Å². The lowest BCUT2D eigenvalue weighted by atomic mass is 10.0. The molecule has 0 saturated heterocycles. The number of hydrogen-bond acceptors (Lipinski definition) is 6. The lowest BCUT2D eigenvalue weighted by Crippen LogP contribution is -2.57. The molecule has 33 heavy (non-hydrogen) atoms. The monoisotopic (exact) mass is 460 g/mol. The molecule has 0 radical (unpaired) electrons. The third kappa shape index (κ3) is 7.04. The van der Waals surface area contributed by atoms with Gasteiger partial charge in [0.1, 0.15) is 18.1 Å². The number of nitrogens with one attached hydrogen (secondary N) is 4. The van der Waals surface area contributed by atoms with Gasteiger partial charge in [-0.3, -0.25) is 24.0 Å². The molecule has 0 spiro atoms. The molecule has 1 heterocycles. The van der Waals surface area contributed by atoms with Crippen molar-refractivity contribution in [1.29, 1.82) is 0 Å². The fraction of sp³-hybridized carbons (Fsp3) is 0.381. The molecular formula is C21H28N6O6. The van der Waals surface area contributed by atoms with Gasteiger partial charge in [0.2, 0.25) is 23.6 Å². The first-order chi connectivity index (χ1) is 15.5. The smallest absolute Gasteiger partial charge is 0.325 e. The first kappa shape index (κ1) is 25.3. The van der Waals surface area contributed by atoms with Crippen molar-refractivity contribution in [3.63, 3.8) is 0 Å². The Morgan fingerprint density at radius 1 is 0.970 bits per heavy atom. The van der Waals surface area contributed by atoms with Gasteiger partial charge in [-0.05, 0) is 25.5 Å². The summed E-state index contributed by atoms with van der Waals surface area (Å²) in [4.78, 5) is 63.3. The second kappa shape index (κ2) is 11.1. The number of amides is 4. The quantitative estimate of drug-likeness (QED) is 0.210. The molecule has 2 rings (SSSR count). The molecule has 4 atom stereocenters. The van der Waals surface area contributed by atoms with Gasteiger partial charge in [-0.15, -0.1) is 0 Å². The molecule has 178 valence electrons. The van der Waals surface area contributed by atoms with Crippen LogP contribution in [0.4, 0.5) is 0 Å². The zero-order valence-corrected chi connectivity index (χ0v) is 18.3. The van der Waals surface area contributed by atoms with Crippen LogP contribution in [-0.4, -0.2) is 63.9 Å².